The summed E-state index contributed by atoms with van der Waals surface area (Å²) < 4.78 is 6.22. The highest BCUT2D eigenvalue weighted by molar-refractivity contribution is 5.93. The summed E-state index contributed by atoms with van der Waals surface area (Å²) >= 11 is 0. The van der Waals surface area contributed by atoms with E-state index < -0.39 is 11.9 Å². The molecule has 5 N–H and O–H groups in total. The molecule has 0 radical (unpaired) electrons. The van der Waals surface area contributed by atoms with Crippen LogP contribution in [0.1, 0.15) is 139 Å². The number of nitrogens with two attached hydrogens (primary N) is 2. The predicted molar refractivity (Wildman–Crippen MR) is 199 cm³/mol. The molecule has 9 atom stereocenters. The van der Waals surface area contributed by atoms with Crippen molar-refractivity contribution in [2.24, 2.45) is 52.3 Å². The lowest BCUT2D eigenvalue weighted by Gasteiger charge is -2.63. The van der Waals surface area contributed by atoms with Crippen molar-refractivity contribution < 1.29 is 19.4 Å². The van der Waals surface area contributed by atoms with E-state index in [0.29, 0.717) is 39.9 Å². The third kappa shape index (κ3) is 6.90. The maximum absolute atomic E-state index is 13.6. The van der Waals surface area contributed by atoms with Gasteiger partial charge < -0.3 is 21.3 Å². The number of anilines is 2. The number of carboxylic acid groups (broad SMARTS) is 1. The number of carboxylic acids is 1. The predicted octanol–water partition coefficient (Wildman–Crippen LogP) is 10.4. The lowest BCUT2D eigenvalue weighted by Crippen LogP contribution is -2.55. The molecule has 6 heteroatoms. The van der Waals surface area contributed by atoms with Crippen LogP contribution in [0.3, 0.4) is 0 Å². The van der Waals surface area contributed by atoms with Gasteiger partial charge in [-0.15, -0.1) is 0 Å². The van der Waals surface area contributed by atoms with Crippen LogP contribution in [-0.2, 0) is 4.79 Å². The van der Waals surface area contributed by atoms with Gasteiger partial charge in [-0.3, -0.25) is 0 Å². The van der Waals surface area contributed by atoms with Gasteiger partial charge in [0.25, 0.3) is 0 Å². The molecule has 4 saturated carbocycles. The van der Waals surface area contributed by atoms with E-state index in [9.17, 15) is 14.7 Å². The Morgan fingerprint density at radius 1 is 0.918 bits per heavy atom. The standard InChI is InChI=1S/C43H60N2O4/c1-26(2)8-6-9-27(3)35-16-17-36-33-15-14-30-10-7-11-37(43(30,5)38(33)20-21-42(35,36)4)34-22-28(13-19-40(46)47)12-18-39(34)49-41(48)29-23-31(44)25-32(45)24-29/h12-13,18-19,22-27,30,33,35-38H,6-11,14-17,20-21,44-45H2,1-5H3,(H,46,47)/b19-13+/t27-,30?,33+,35-,36+,37?,38+,42-,43-/m1/s1. The van der Waals surface area contributed by atoms with Crippen LogP contribution in [0.25, 0.3) is 6.08 Å². The van der Waals surface area contributed by atoms with Crippen LogP contribution in [0.15, 0.2) is 42.5 Å². The van der Waals surface area contributed by atoms with Gasteiger partial charge in [0.2, 0.25) is 0 Å². The SMILES string of the molecule is CC(C)CCC[C@@H](C)[C@H]1CC[C@H]2[C@@H]3CCC4CCCC(c5cc(/C=C/C(=O)O)ccc5OC(=O)c5cc(N)cc(N)c5)[C@]4(C)[C@H]3CC[C@]12C. The summed E-state index contributed by atoms with van der Waals surface area (Å²) in [4.78, 5) is 25.0. The molecule has 0 aromatic heterocycles. The van der Waals surface area contributed by atoms with Crippen molar-refractivity contribution in [2.45, 2.75) is 118 Å². The van der Waals surface area contributed by atoms with Gasteiger partial charge in [0, 0.05) is 17.5 Å². The number of ether oxygens (including phenoxy) is 1. The third-order valence-electron chi connectivity index (χ3n) is 14.2. The van der Waals surface area contributed by atoms with Crippen molar-refractivity contribution >= 4 is 29.4 Å². The highest BCUT2D eigenvalue weighted by atomic mass is 16.5. The second-order valence-corrected chi connectivity index (χ2v) is 17.3. The minimum absolute atomic E-state index is 0.0708. The van der Waals surface area contributed by atoms with Gasteiger partial charge in [0.05, 0.1) is 5.56 Å². The van der Waals surface area contributed by atoms with E-state index in [2.05, 4.69) is 40.7 Å². The van der Waals surface area contributed by atoms with Crippen LogP contribution in [0, 0.1) is 52.3 Å². The first kappa shape index (κ1) is 35.5. The molecule has 0 aliphatic heterocycles. The molecule has 0 amide bonds. The number of carbonyl (C=O) groups excluding carboxylic acids is 1. The minimum atomic E-state index is -0.981. The number of hydrogen-bond acceptors (Lipinski definition) is 5. The second kappa shape index (κ2) is 14.2. The number of carbonyl (C=O) groups is 2. The summed E-state index contributed by atoms with van der Waals surface area (Å²) in [6, 6.07) is 10.6. The van der Waals surface area contributed by atoms with Crippen LogP contribution in [0.4, 0.5) is 11.4 Å². The summed E-state index contributed by atoms with van der Waals surface area (Å²) in [7, 11) is 0. The van der Waals surface area contributed by atoms with E-state index >= 15 is 0 Å². The fourth-order valence-corrected chi connectivity index (χ4v) is 12.0. The summed E-state index contributed by atoms with van der Waals surface area (Å²) in [6.07, 6.45) is 18.2. The number of hydrogen-bond donors (Lipinski definition) is 3. The Morgan fingerprint density at radius 2 is 1.67 bits per heavy atom. The molecular weight excluding hydrogens is 608 g/mol. The van der Waals surface area contributed by atoms with Gasteiger partial charge in [-0.05, 0) is 157 Å². The highest BCUT2D eigenvalue weighted by Gasteiger charge is 2.62. The number of nitrogen functional groups attached to an aromatic ring is 2. The molecule has 2 unspecified atom stereocenters. The number of esters is 1. The molecule has 2 aromatic carbocycles. The van der Waals surface area contributed by atoms with E-state index in [-0.39, 0.29) is 11.3 Å². The summed E-state index contributed by atoms with van der Waals surface area (Å²) in [6.45, 7) is 12.5. The maximum Gasteiger partial charge on any atom is 0.343 e. The molecule has 0 saturated heterocycles. The normalized spacial score (nSPS) is 33.1. The summed E-state index contributed by atoms with van der Waals surface area (Å²) in [5.41, 5.74) is 15.5. The second-order valence-electron chi connectivity index (χ2n) is 17.3. The van der Waals surface area contributed by atoms with E-state index in [0.717, 1.165) is 53.6 Å². The van der Waals surface area contributed by atoms with Gasteiger partial charge >= 0.3 is 11.9 Å². The highest BCUT2D eigenvalue weighted by Crippen LogP contribution is 2.71. The zero-order valence-electron chi connectivity index (χ0n) is 30.5. The molecule has 0 bridgehead atoms. The molecule has 6 rings (SSSR count). The fourth-order valence-electron chi connectivity index (χ4n) is 12.0. The molecule has 2 aromatic rings. The third-order valence-corrected chi connectivity index (χ3v) is 14.2. The van der Waals surface area contributed by atoms with Crippen LogP contribution in [0.2, 0.25) is 0 Å². The van der Waals surface area contributed by atoms with E-state index in [4.69, 9.17) is 16.2 Å². The van der Waals surface area contributed by atoms with Crippen LogP contribution >= 0.6 is 0 Å². The topological polar surface area (TPSA) is 116 Å². The van der Waals surface area contributed by atoms with Crippen molar-refractivity contribution in [1.82, 2.24) is 0 Å². The first-order valence-corrected chi connectivity index (χ1v) is 19.2. The number of aliphatic carboxylic acids is 1. The number of rotatable bonds is 10. The summed E-state index contributed by atoms with van der Waals surface area (Å²) in [5.74, 6) is 4.45. The van der Waals surface area contributed by atoms with Crippen molar-refractivity contribution in [2.75, 3.05) is 11.5 Å². The van der Waals surface area contributed by atoms with E-state index in [1.807, 2.05) is 12.1 Å². The molecule has 49 heavy (non-hydrogen) atoms. The number of benzene rings is 2. The molecule has 0 spiro atoms. The van der Waals surface area contributed by atoms with Crippen LogP contribution in [-0.4, -0.2) is 17.0 Å². The smallest absolute Gasteiger partial charge is 0.343 e. The monoisotopic (exact) mass is 668 g/mol. The lowest BCUT2D eigenvalue weighted by molar-refractivity contribution is -0.131. The quantitative estimate of drug-likeness (QED) is 0.100. The van der Waals surface area contributed by atoms with Gasteiger partial charge in [-0.25, -0.2) is 9.59 Å². The lowest BCUT2D eigenvalue weighted by atomic mass is 9.42. The van der Waals surface area contributed by atoms with Crippen molar-refractivity contribution in [1.29, 1.82) is 0 Å². The number of fused-ring (bicyclic) bond motifs is 5. The van der Waals surface area contributed by atoms with E-state index in [1.54, 1.807) is 24.3 Å². The Bertz CT molecular complexity index is 1540. The fraction of sp³-hybridized carbons (Fsp3) is 0.628. The van der Waals surface area contributed by atoms with Gasteiger partial charge in [-0.2, -0.15) is 0 Å². The largest absolute Gasteiger partial charge is 0.478 e. The average molecular weight is 669 g/mol. The Morgan fingerprint density at radius 3 is 2.39 bits per heavy atom. The first-order valence-electron chi connectivity index (χ1n) is 19.2. The Labute approximate surface area is 294 Å². The zero-order valence-corrected chi connectivity index (χ0v) is 30.5. The zero-order chi connectivity index (χ0) is 35.1. The maximum atomic E-state index is 13.6. The van der Waals surface area contributed by atoms with E-state index in [1.165, 1.54) is 70.3 Å². The van der Waals surface area contributed by atoms with Gasteiger partial charge in [0.15, 0.2) is 0 Å². The Balaban J connectivity index is 1.33. The minimum Gasteiger partial charge on any atom is -0.478 e. The van der Waals surface area contributed by atoms with Crippen molar-refractivity contribution in [3.8, 4) is 5.75 Å². The van der Waals surface area contributed by atoms with Gasteiger partial charge in [-0.1, -0.05) is 66.4 Å². The summed E-state index contributed by atoms with van der Waals surface area (Å²) in [5, 5.41) is 9.40. The Hall–Kier alpha value is -3.28. The molecule has 6 nitrogen and oxygen atoms in total. The van der Waals surface area contributed by atoms with Crippen LogP contribution in [0.5, 0.6) is 5.75 Å². The van der Waals surface area contributed by atoms with Crippen LogP contribution < -0.4 is 16.2 Å². The molecule has 0 heterocycles. The van der Waals surface area contributed by atoms with Crippen molar-refractivity contribution in [3.05, 3.63) is 59.2 Å². The molecule has 266 valence electrons. The Kier molecular flexibility index (Phi) is 10.3. The molecule has 4 aliphatic carbocycles. The van der Waals surface area contributed by atoms with Crippen molar-refractivity contribution in [3.63, 3.8) is 0 Å². The first-order chi connectivity index (χ1) is 23.3. The average Bonchev–Trinajstić information content (AvgIpc) is 3.40. The van der Waals surface area contributed by atoms with Gasteiger partial charge in [0.1, 0.15) is 5.75 Å². The molecule has 4 fully saturated rings. The molecular formula is C43H60N2O4. The molecule has 4 aliphatic rings.